The topological polar surface area (TPSA) is 46.5 Å². The molecule has 1 aromatic carbocycles. The Labute approximate surface area is 115 Å². The van der Waals surface area contributed by atoms with Gasteiger partial charge in [-0.15, -0.1) is 0 Å². The van der Waals surface area contributed by atoms with E-state index in [-0.39, 0.29) is 11.8 Å². The third kappa shape index (κ3) is 3.98. The van der Waals surface area contributed by atoms with Gasteiger partial charge < -0.3 is 9.84 Å². The van der Waals surface area contributed by atoms with Crippen molar-refractivity contribution in [3.63, 3.8) is 0 Å². The Hall–Kier alpha value is -1.51. The van der Waals surface area contributed by atoms with Crippen LogP contribution in [0.5, 0.6) is 5.75 Å². The van der Waals surface area contributed by atoms with E-state index >= 15 is 0 Å². The molecule has 1 N–H and O–H groups in total. The van der Waals surface area contributed by atoms with E-state index in [0.29, 0.717) is 6.42 Å². The molecule has 0 bridgehead atoms. The van der Waals surface area contributed by atoms with Gasteiger partial charge in [-0.3, -0.25) is 4.79 Å². The number of hydrogen-bond donors (Lipinski definition) is 1. The molecule has 0 aliphatic heterocycles. The predicted molar refractivity (Wildman–Crippen MR) is 77.0 cm³/mol. The number of ether oxygens (including phenoxy) is 1. The highest BCUT2D eigenvalue weighted by Gasteiger charge is 2.21. The van der Waals surface area contributed by atoms with E-state index in [0.717, 1.165) is 28.9 Å². The summed E-state index contributed by atoms with van der Waals surface area (Å²) in [6.07, 6.45) is 1.61. The Bertz CT molecular complexity index is 456. The average Bonchev–Trinajstić information content (AvgIpc) is 2.33. The van der Waals surface area contributed by atoms with Gasteiger partial charge in [0, 0.05) is 12.0 Å². The number of carboxylic acid groups (broad SMARTS) is 1. The van der Waals surface area contributed by atoms with E-state index < -0.39 is 5.97 Å². The number of methoxy groups -OCH3 is 1. The van der Waals surface area contributed by atoms with E-state index in [1.165, 1.54) is 0 Å². The van der Waals surface area contributed by atoms with Gasteiger partial charge in [-0.2, -0.15) is 0 Å². The van der Waals surface area contributed by atoms with Crippen LogP contribution in [0.25, 0.3) is 0 Å². The summed E-state index contributed by atoms with van der Waals surface area (Å²) in [5, 5.41) is 8.81. The third-order valence-electron chi connectivity index (χ3n) is 3.25. The Morgan fingerprint density at radius 3 is 2.37 bits per heavy atom. The van der Waals surface area contributed by atoms with Crippen molar-refractivity contribution in [2.24, 2.45) is 0 Å². The molecule has 0 radical (unpaired) electrons. The van der Waals surface area contributed by atoms with Crippen LogP contribution in [0.1, 0.15) is 50.8 Å². The normalized spacial score (nSPS) is 11.4. The monoisotopic (exact) mass is 264 g/mol. The van der Waals surface area contributed by atoms with Crippen molar-refractivity contribution in [2.75, 3.05) is 7.11 Å². The lowest BCUT2D eigenvalue weighted by atomic mass is 9.83. The molecule has 0 aromatic heterocycles. The maximum atomic E-state index is 10.7. The highest BCUT2D eigenvalue weighted by atomic mass is 16.5. The van der Waals surface area contributed by atoms with Crippen molar-refractivity contribution in [1.82, 2.24) is 0 Å². The van der Waals surface area contributed by atoms with Crippen LogP contribution in [0.15, 0.2) is 12.1 Å². The summed E-state index contributed by atoms with van der Waals surface area (Å²) in [7, 11) is 1.70. The predicted octanol–water partition coefficient (Wildman–Crippen LogP) is 3.57. The summed E-state index contributed by atoms with van der Waals surface area (Å²) < 4.78 is 5.56. The summed E-state index contributed by atoms with van der Waals surface area (Å²) in [6, 6.07) is 4.15. The molecule has 0 fully saturated rings. The van der Waals surface area contributed by atoms with E-state index in [4.69, 9.17) is 9.84 Å². The minimum absolute atomic E-state index is 0.0193. The van der Waals surface area contributed by atoms with Crippen molar-refractivity contribution >= 4 is 5.97 Å². The zero-order valence-electron chi connectivity index (χ0n) is 12.5. The Kier molecular flexibility index (Phi) is 4.98. The molecule has 1 rings (SSSR count). The van der Waals surface area contributed by atoms with Crippen LogP contribution < -0.4 is 4.74 Å². The van der Waals surface area contributed by atoms with Gasteiger partial charge in [-0.05, 0) is 29.4 Å². The van der Waals surface area contributed by atoms with Crippen molar-refractivity contribution in [1.29, 1.82) is 0 Å². The van der Waals surface area contributed by atoms with Crippen LogP contribution in [-0.2, 0) is 23.1 Å². The van der Waals surface area contributed by atoms with Gasteiger partial charge in [0.1, 0.15) is 5.75 Å². The summed E-state index contributed by atoms with van der Waals surface area (Å²) in [6.45, 7) is 8.52. The summed E-state index contributed by atoms with van der Waals surface area (Å²) >= 11 is 0. The molecule has 0 saturated heterocycles. The zero-order valence-corrected chi connectivity index (χ0v) is 12.5. The van der Waals surface area contributed by atoms with Crippen LogP contribution in [0, 0.1) is 0 Å². The van der Waals surface area contributed by atoms with Gasteiger partial charge in [0.2, 0.25) is 0 Å². The van der Waals surface area contributed by atoms with Crippen molar-refractivity contribution in [3.8, 4) is 5.75 Å². The molecule has 0 heterocycles. The first-order valence-electron chi connectivity index (χ1n) is 6.71. The number of hydrogen-bond acceptors (Lipinski definition) is 2. The quantitative estimate of drug-likeness (QED) is 0.884. The first-order valence-corrected chi connectivity index (χ1v) is 6.71. The first kappa shape index (κ1) is 15.5. The number of aryl methyl sites for hydroxylation is 2. The molecule has 0 amide bonds. The lowest BCUT2D eigenvalue weighted by molar-refractivity contribution is -0.136. The lowest BCUT2D eigenvalue weighted by Crippen LogP contribution is -2.15. The van der Waals surface area contributed by atoms with Gasteiger partial charge in [0.05, 0.1) is 7.11 Å². The average molecular weight is 264 g/mol. The number of benzene rings is 1. The van der Waals surface area contributed by atoms with Crippen LogP contribution in [0.3, 0.4) is 0 Å². The van der Waals surface area contributed by atoms with Crippen molar-refractivity contribution in [2.45, 2.75) is 52.4 Å². The smallest absolute Gasteiger partial charge is 0.303 e. The van der Waals surface area contributed by atoms with Gasteiger partial charge in [0.25, 0.3) is 0 Å². The molecule has 0 unspecified atom stereocenters. The fourth-order valence-electron chi connectivity index (χ4n) is 2.21. The van der Waals surface area contributed by atoms with Gasteiger partial charge in [-0.1, -0.05) is 39.8 Å². The lowest BCUT2D eigenvalue weighted by Gasteiger charge is -2.25. The van der Waals surface area contributed by atoms with E-state index in [1.807, 2.05) is 0 Å². The molecule has 0 saturated carbocycles. The fraction of sp³-hybridized carbons (Fsp3) is 0.562. The van der Waals surface area contributed by atoms with Crippen LogP contribution in [0.4, 0.5) is 0 Å². The molecule has 3 heteroatoms. The number of carboxylic acids is 1. The number of aliphatic carboxylic acids is 1. The summed E-state index contributed by atoms with van der Waals surface area (Å²) in [5.41, 5.74) is 3.35. The van der Waals surface area contributed by atoms with E-state index in [1.54, 1.807) is 7.11 Å². The molecule has 19 heavy (non-hydrogen) atoms. The van der Waals surface area contributed by atoms with Crippen LogP contribution in [-0.4, -0.2) is 18.2 Å². The maximum Gasteiger partial charge on any atom is 0.303 e. The summed E-state index contributed by atoms with van der Waals surface area (Å²) in [4.78, 5) is 10.7. The second kappa shape index (κ2) is 6.09. The standard InChI is InChI=1S/C16H24O3/c1-6-12-9-11(7-8-14(17)18)10-13(15(12)19-5)16(2,3)4/h9-10H,6-8H2,1-5H3,(H,17,18). The molecular weight excluding hydrogens is 240 g/mol. The van der Waals surface area contributed by atoms with Gasteiger partial charge in [-0.25, -0.2) is 0 Å². The molecule has 1 aromatic rings. The molecule has 0 spiro atoms. The largest absolute Gasteiger partial charge is 0.496 e. The summed E-state index contributed by atoms with van der Waals surface area (Å²) in [5.74, 6) is 0.181. The Morgan fingerprint density at radius 2 is 1.95 bits per heavy atom. The van der Waals surface area contributed by atoms with Gasteiger partial charge >= 0.3 is 5.97 Å². The van der Waals surface area contributed by atoms with Crippen molar-refractivity contribution in [3.05, 3.63) is 28.8 Å². The van der Waals surface area contributed by atoms with Gasteiger partial charge in [0.15, 0.2) is 0 Å². The highest BCUT2D eigenvalue weighted by Crippen LogP contribution is 2.35. The molecule has 3 nitrogen and oxygen atoms in total. The maximum absolute atomic E-state index is 10.7. The highest BCUT2D eigenvalue weighted by molar-refractivity contribution is 5.67. The Morgan fingerprint density at radius 1 is 1.32 bits per heavy atom. The Balaban J connectivity index is 3.26. The minimum Gasteiger partial charge on any atom is -0.496 e. The fourth-order valence-corrected chi connectivity index (χ4v) is 2.21. The molecule has 0 aliphatic carbocycles. The van der Waals surface area contributed by atoms with Crippen molar-refractivity contribution < 1.29 is 14.6 Å². The second-order valence-electron chi connectivity index (χ2n) is 5.83. The minimum atomic E-state index is -0.758. The molecule has 106 valence electrons. The third-order valence-corrected chi connectivity index (χ3v) is 3.25. The van der Waals surface area contributed by atoms with Crippen LogP contribution in [0.2, 0.25) is 0 Å². The molecular formula is C16H24O3. The molecule has 0 atom stereocenters. The van der Waals surface area contributed by atoms with E-state index in [9.17, 15) is 4.79 Å². The number of carbonyl (C=O) groups is 1. The van der Waals surface area contributed by atoms with Crippen LogP contribution >= 0.6 is 0 Å². The number of rotatable bonds is 5. The van der Waals surface area contributed by atoms with E-state index in [2.05, 4.69) is 39.8 Å². The zero-order chi connectivity index (χ0) is 14.6. The molecule has 0 aliphatic rings. The second-order valence-corrected chi connectivity index (χ2v) is 5.83. The first-order chi connectivity index (χ1) is 8.79. The SMILES string of the molecule is CCc1cc(CCC(=O)O)cc(C(C)(C)C)c1OC.